The van der Waals surface area contributed by atoms with Crippen LogP contribution in [0.3, 0.4) is 0 Å². The van der Waals surface area contributed by atoms with E-state index in [1.807, 2.05) is 0 Å². The van der Waals surface area contributed by atoms with E-state index in [9.17, 15) is 4.79 Å². The van der Waals surface area contributed by atoms with Crippen molar-refractivity contribution >= 4 is 5.91 Å². The monoisotopic (exact) mass is 350 g/mol. The first-order chi connectivity index (χ1) is 11.9. The van der Waals surface area contributed by atoms with Crippen LogP contribution in [0.2, 0.25) is 0 Å². The maximum atomic E-state index is 13.1. The molecular weight excluding hydrogens is 312 g/mol. The zero-order valence-corrected chi connectivity index (χ0v) is 16.8. The fourth-order valence-electron chi connectivity index (χ4n) is 5.07. The lowest BCUT2D eigenvalue weighted by atomic mass is 9.76. The molecule has 1 aliphatic carbocycles. The Hall–Kier alpha value is -0.610. The zero-order valence-electron chi connectivity index (χ0n) is 16.8. The highest BCUT2D eigenvalue weighted by atomic mass is 16.5. The van der Waals surface area contributed by atoms with Gasteiger partial charge in [-0.25, -0.2) is 0 Å². The van der Waals surface area contributed by atoms with Gasteiger partial charge in [0.25, 0.3) is 0 Å². The van der Waals surface area contributed by atoms with Crippen molar-refractivity contribution in [2.75, 3.05) is 32.8 Å². The second-order valence-electron chi connectivity index (χ2n) is 9.28. The molecule has 1 spiro atoms. The standard InChI is InChI=1S/C21H38N2O2/c1-16(2)18-5-7-19(8-6-18)20(24)23-13-14-25-21(15-23)9-11-22(12-10-21)17(3)4/h16-19H,5-15H2,1-4H3. The lowest BCUT2D eigenvalue weighted by Gasteiger charge is -2.48. The fraction of sp³-hybridized carbons (Fsp3) is 0.952. The van der Waals surface area contributed by atoms with Gasteiger partial charge in [0, 0.05) is 38.1 Å². The van der Waals surface area contributed by atoms with Crippen molar-refractivity contribution < 1.29 is 9.53 Å². The van der Waals surface area contributed by atoms with E-state index in [0.29, 0.717) is 11.9 Å². The Kier molecular flexibility index (Phi) is 6.10. The summed E-state index contributed by atoms with van der Waals surface area (Å²) in [4.78, 5) is 17.8. The summed E-state index contributed by atoms with van der Waals surface area (Å²) in [5.74, 6) is 2.26. The average molecular weight is 351 g/mol. The minimum absolute atomic E-state index is 0.0750. The van der Waals surface area contributed by atoms with Crippen molar-refractivity contribution in [3.05, 3.63) is 0 Å². The van der Waals surface area contributed by atoms with Gasteiger partial charge in [-0.05, 0) is 64.2 Å². The molecule has 0 aromatic heterocycles. The van der Waals surface area contributed by atoms with Crippen molar-refractivity contribution in [3.8, 4) is 0 Å². The van der Waals surface area contributed by atoms with Gasteiger partial charge < -0.3 is 14.5 Å². The maximum absolute atomic E-state index is 13.1. The highest BCUT2D eigenvalue weighted by Crippen LogP contribution is 2.36. The molecule has 144 valence electrons. The molecule has 2 saturated heterocycles. The van der Waals surface area contributed by atoms with Crippen LogP contribution in [-0.2, 0) is 9.53 Å². The summed E-state index contributed by atoms with van der Waals surface area (Å²) in [5, 5.41) is 0. The van der Waals surface area contributed by atoms with E-state index < -0.39 is 0 Å². The first kappa shape index (κ1) is 19.2. The smallest absolute Gasteiger partial charge is 0.225 e. The molecule has 3 fully saturated rings. The second kappa shape index (κ2) is 7.96. The summed E-state index contributed by atoms with van der Waals surface area (Å²) in [5.41, 5.74) is -0.0750. The molecule has 25 heavy (non-hydrogen) atoms. The molecule has 0 radical (unpaired) electrons. The van der Waals surface area contributed by atoms with Gasteiger partial charge in [0.05, 0.1) is 12.2 Å². The number of hydrogen-bond donors (Lipinski definition) is 0. The van der Waals surface area contributed by atoms with Gasteiger partial charge in [0.2, 0.25) is 5.91 Å². The number of rotatable bonds is 3. The Balaban J connectivity index is 1.54. The van der Waals surface area contributed by atoms with Crippen LogP contribution in [0.1, 0.15) is 66.2 Å². The molecule has 0 N–H and O–H groups in total. The third-order valence-electron chi connectivity index (χ3n) is 7.06. The predicted molar refractivity (Wildman–Crippen MR) is 101 cm³/mol. The summed E-state index contributed by atoms with van der Waals surface area (Å²) in [7, 11) is 0. The van der Waals surface area contributed by atoms with Crippen LogP contribution in [-0.4, -0.2) is 60.1 Å². The molecule has 3 rings (SSSR count). The number of amides is 1. The summed E-state index contributed by atoms with van der Waals surface area (Å²) < 4.78 is 6.23. The van der Waals surface area contributed by atoms with E-state index >= 15 is 0 Å². The Morgan fingerprint density at radius 3 is 2.20 bits per heavy atom. The molecule has 1 amide bonds. The topological polar surface area (TPSA) is 32.8 Å². The summed E-state index contributed by atoms with van der Waals surface area (Å²) in [6.07, 6.45) is 6.77. The molecule has 0 aromatic rings. The van der Waals surface area contributed by atoms with Crippen LogP contribution in [0, 0.1) is 17.8 Å². The quantitative estimate of drug-likeness (QED) is 0.780. The third-order valence-corrected chi connectivity index (χ3v) is 7.06. The SMILES string of the molecule is CC(C)C1CCC(C(=O)N2CCOC3(CCN(C(C)C)CC3)C2)CC1. The van der Waals surface area contributed by atoms with E-state index in [-0.39, 0.29) is 11.5 Å². The molecule has 1 saturated carbocycles. The molecule has 4 nitrogen and oxygen atoms in total. The summed E-state index contributed by atoms with van der Waals surface area (Å²) >= 11 is 0. The fourth-order valence-corrected chi connectivity index (χ4v) is 5.07. The van der Waals surface area contributed by atoms with E-state index in [2.05, 4.69) is 37.5 Å². The first-order valence-electron chi connectivity index (χ1n) is 10.6. The molecule has 0 unspecified atom stereocenters. The van der Waals surface area contributed by atoms with Crippen LogP contribution < -0.4 is 0 Å². The predicted octanol–water partition coefficient (Wildman–Crippen LogP) is 3.55. The third kappa shape index (κ3) is 4.39. The van der Waals surface area contributed by atoms with Crippen LogP contribution in [0.5, 0.6) is 0 Å². The summed E-state index contributed by atoms with van der Waals surface area (Å²) in [6.45, 7) is 13.7. The molecule has 0 atom stereocenters. The number of piperidine rings is 1. The lowest BCUT2D eigenvalue weighted by molar-refractivity contribution is -0.164. The van der Waals surface area contributed by atoms with Crippen LogP contribution in [0.4, 0.5) is 0 Å². The Morgan fingerprint density at radius 2 is 1.64 bits per heavy atom. The average Bonchev–Trinajstić information content (AvgIpc) is 2.61. The summed E-state index contributed by atoms with van der Waals surface area (Å²) in [6, 6.07) is 0.606. The minimum Gasteiger partial charge on any atom is -0.371 e. The number of hydrogen-bond acceptors (Lipinski definition) is 3. The van der Waals surface area contributed by atoms with Gasteiger partial charge in [-0.1, -0.05) is 13.8 Å². The highest BCUT2D eigenvalue weighted by Gasteiger charge is 2.42. The second-order valence-corrected chi connectivity index (χ2v) is 9.28. The van der Waals surface area contributed by atoms with E-state index in [1.165, 1.54) is 12.8 Å². The van der Waals surface area contributed by atoms with Crippen LogP contribution >= 0.6 is 0 Å². The van der Waals surface area contributed by atoms with Gasteiger partial charge in [-0.15, -0.1) is 0 Å². The molecule has 4 heteroatoms. The van der Waals surface area contributed by atoms with Gasteiger partial charge in [0.1, 0.15) is 0 Å². The Morgan fingerprint density at radius 1 is 1.00 bits per heavy atom. The first-order valence-corrected chi connectivity index (χ1v) is 10.6. The zero-order chi connectivity index (χ0) is 18.0. The van der Waals surface area contributed by atoms with Crippen molar-refractivity contribution in [1.29, 1.82) is 0 Å². The van der Waals surface area contributed by atoms with E-state index in [4.69, 9.17) is 4.74 Å². The van der Waals surface area contributed by atoms with Crippen molar-refractivity contribution in [2.24, 2.45) is 17.8 Å². The lowest BCUT2D eigenvalue weighted by Crippen LogP contribution is -2.59. The number of carbonyl (C=O) groups excluding carboxylic acids is 1. The normalized spacial score (nSPS) is 31.0. The van der Waals surface area contributed by atoms with E-state index in [0.717, 1.165) is 70.3 Å². The van der Waals surface area contributed by atoms with Crippen LogP contribution in [0.25, 0.3) is 0 Å². The number of nitrogens with zero attached hydrogens (tertiary/aromatic N) is 2. The number of carbonyl (C=O) groups is 1. The van der Waals surface area contributed by atoms with Crippen molar-refractivity contribution in [1.82, 2.24) is 9.80 Å². The highest BCUT2D eigenvalue weighted by molar-refractivity contribution is 5.79. The number of likely N-dealkylation sites (tertiary alicyclic amines) is 1. The van der Waals surface area contributed by atoms with Crippen molar-refractivity contribution in [2.45, 2.75) is 77.9 Å². The molecular formula is C21H38N2O2. The van der Waals surface area contributed by atoms with Gasteiger partial charge in [0.15, 0.2) is 0 Å². The molecule has 2 heterocycles. The van der Waals surface area contributed by atoms with Crippen molar-refractivity contribution in [3.63, 3.8) is 0 Å². The van der Waals surface area contributed by atoms with Gasteiger partial charge >= 0.3 is 0 Å². The Labute approximate surface area is 154 Å². The van der Waals surface area contributed by atoms with Gasteiger partial charge in [-0.2, -0.15) is 0 Å². The van der Waals surface area contributed by atoms with Crippen LogP contribution in [0.15, 0.2) is 0 Å². The van der Waals surface area contributed by atoms with E-state index in [1.54, 1.807) is 0 Å². The number of ether oxygens (including phenoxy) is 1. The molecule has 0 aromatic carbocycles. The van der Waals surface area contributed by atoms with Gasteiger partial charge in [-0.3, -0.25) is 4.79 Å². The largest absolute Gasteiger partial charge is 0.371 e. The number of morpholine rings is 1. The molecule has 0 bridgehead atoms. The minimum atomic E-state index is -0.0750. The Bertz CT molecular complexity index is 447. The molecule has 3 aliphatic rings. The molecule has 2 aliphatic heterocycles. The maximum Gasteiger partial charge on any atom is 0.225 e.